The Morgan fingerprint density at radius 2 is 0.527 bits per heavy atom. The number of ether oxygens (including phenoxy) is 5. The Bertz CT molecular complexity index is 7170. The summed E-state index contributed by atoms with van der Waals surface area (Å²) in [6, 6.07) is 82.4. The Morgan fingerprint density at radius 1 is 0.267 bits per heavy atom. The number of fused-ring (bicyclic) bond motifs is 8. The molecular weight excluding hydrogens is 1850 g/mol. The second-order valence-corrected chi connectivity index (χ2v) is 38.1. The molecule has 5 heterocycles. The predicted octanol–water partition coefficient (Wildman–Crippen LogP) is 31.0. The number of rotatable bonds is 30. The van der Waals surface area contributed by atoms with Crippen LogP contribution in [0.2, 0.25) is 25.1 Å². The van der Waals surface area contributed by atoms with Gasteiger partial charge in [0.05, 0.1) is 33.0 Å². The van der Waals surface area contributed by atoms with Gasteiger partial charge < -0.3 is 49.2 Å². The summed E-state index contributed by atoms with van der Waals surface area (Å²) >= 11 is 37.5. The minimum atomic E-state index is -0.915. The van der Waals surface area contributed by atoms with Gasteiger partial charge in [-0.3, -0.25) is 0 Å². The molecule has 0 radical (unpaired) electrons. The van der Waals surface area contributed by atoms with Crippen molar-refractivity contribution in [3.8, 4) is 28.7 Å². The van der Waals surface area contributed by atoms with E-state index in [0.717, 1.165) is 191 Å². The number of benzene rings is 13. The summed E-state index contributed by atoms with van der Waals surface area (Å²) in [5, 5.41) is 62.3. The lowest BCUT2D eigenvalue weighted by Gasteiger charge is -2.10. The zero-order valence-corrected chi connectivity index (χ0v) is 79.5. The maximum atomic E-state index is 11.6. The van der Waals surface area contributed by atoms with E-state index < -0.39 is 29.8 Å². The Kier molecular flexibility index (Phi) is 32.7. The van der Waals surface area contributed by atoms with E-state index in [-0.39, 0.29) is 0 Å². The molecule has 0 saturated heterocycles. The van der Waals surface area contributed by atoms with Gasteiger partial charge in [-0.25, -0.2) is 24.0 Å². The molecule has 18 rings (SSSR count). The molecule has 0 fully saturated rings. The highest BCUT2D eigenvalue weighted by molar-refractivity contribution is 7.22. The molecule has 0 bridgehead atoms. The van der Waals surface area contributed by atoms with Crippen LogP contribution in [0.3, 0.4) is 0 Å². The fourth-order valence-electron chi connectivity index (χ4n) is 15.9. The molecule has 15 nitrogen and oxygen atoms in total. The predicted molar refractivity (Wildman–Crippen MR) is 542 cm³/mol. The fraction of sp³-hybridized carbons (Fsp3) is 0.179. The number of aryl methyl sites for hydroxylation is 9. The van der Waals surface area contributed by atoms with Crippen LogP contribution >= 0.6 is 115 Å². The quantitative estimate of drug-likeness (QED) is 0.0264. The second kappa shape index (κ2) is 44.9. The normalized spacial score (nSPS) is 11.1. The van der Waals surface area contributed by atoms with Crippen LogP contribution in [0.1, 0.15) is 131 Å². The van der Waals surface area contributed by atoms with E-state index in [2.05, 4.69) is 42.5 Å². The van der Waals surface area contributed by atoms with Gasteiger partial charge in [0, 0.05) is 75.5 Å². The van der Waals surface area contributed by atoms with Crippen molar-refractivity contribution >= 4 is 227 Å². The van der Waals surface area contributed by atoms with Gasteiger partial charge in [0.25, 0.3) is 0 Å². The van der Waals surface area contributed by atoms with Crippen LogP contribution in [0.4, 0.5) is 0 Å². The zero-order chi connectivity index (χ0) is 92.4. The zero-order valence-electron chi connectivity index (χ0n) is 71.6. The topological polar surface area (TPSA) is 233 Å². The van der Waals surface area contributed by atoms with E-state index in [1.165, 1.54) is 56.7 Å². The number of hydrogen-bond acceptors (Lipinski definition) is 15. The highest BCUT2D eigenvalue weighted by atomic mass is 35.5. The molecule has 18 aromatic rings. The molecule has 0 aliphatic carbocycles. The first kappa shape index (κ1) is 95.3. The molecule has 0 amide bonds. The van der Waals surface area contributed by atoms with E-state index in [0.29, 0.717) is 117 Å². The van der Waals surface area contributed by atoms with E-state index >= 15 is 0 Å². The number of hydrogen-bond donors (Lipinski definition) is 5. The van der Waals surface area contributed by atoms with Crippen LogP contribution < -0.4 is 23.7 Å². The molecule has 25 heteroatoms. The number of halogens is 5. The monoisotopic (exact) mass is 1940 g/mol. The van der Waals surface area contributed by atoms with E-state index in [1.54, 1.807) is 18.2 Å². The SMILES string of the molecule is Cc1cc(OCCCc2c(C(=O)O)sc3cccc(Cl)c23)cc(C)c1Cl.Cc1cc(OCCCc2c(C(=O)O)sc3ccccc23)cc(C)c1Cl.O=C(O)c1sc2cc(Cl)ccc2c1CCCOc1cccc2ccccc12.O=C(O)c1sc2cccc(Cl)c2c1CCCOc1cccc2ccccc12.O=C(O)c1sc2ccccc2c1CCCOc1cccc2ccccc12. The number of carbonyl (C=O) groups is 5. The lowest BCUT2D eigenvalue weighted by molar-refractivity contribution is 0.0690. The first-order valence-corrected chi connectivity index (χ1v) is 48.2. The number of carboxylic acids is 5. The van der Waals surface area contributed by atoms with Gasteiger partial charge in [-0.2, -0.15) is 0 Å². The molecule has 0 atom stereocenters. The van der Waals surface area contributed by atoms with Crippen LogP contribution in [0.25, 0.3) is 82.7 Å². The highest BCUT2D eigenvalue weighted by Gasteiger charge is 2.25. The molecule has 0 saturated carbocycles. The standard InChI is InChI=1S/2C22H17ClO3S.C22H18O3S.C20H18Cl2O3S.C20H19ClO3S/c23-17-10-4-12-19-20(17)16(21(27-19)22(24)25)9-5-13-26-18-11-3-7-14-6-1-2-8-15(14)18;23-15-10-11-17-18(21(22(24)25)27-20(17)13-15)8-4-12-26-19-9-3-6-14-5-1-2-7-16(14)19;23-22(24)21-18(17-10-3-4-13-20(17)26-21)11-6-14-25-19-12-5-8-15-7-1-2-9-16(15)19;1-11-9-13(10-12(2)18(11)22)25-8-4-5-14-17-15(21)6-3-7-16(17)26-19(14)20(23)24;1-12-10-14(11-13(2)18(12)21)24-9-5-7-16-15-6-3-4-8-17(15)25-19(16)20(22)23/h1-4,6-8,10-12H,5,9,13H2,(H,24,25);1-3,5-7,9-11,13H,4,8,12H2,(H,24,25);1-5,7-10,12-13H,6,11,14H2,(H,23,24);3,6-7,9-10H,4-5,8H2,1-2H3,(H,23,24);3-4,6,8,10-11H,5,7,9H2,1-2H3,(H,22,23). The van der Waals surface area contributed by atoms with Gasteiger partial charge >= 0.3 is 29.8 Å². The summed E-state index contributed by atoms with van der Waals surface area (Å²) in [6.07, 6.45) is 6.87. The lowest BCUT2D eigenvalue weighted by Crippen LogP contribution is -2.03. The van der Waals surface area contributed by atoms with Crippen molar-refractivity contribution < 1.29 is 73.2 Å². The molecule has 131 heavy (non-hydrogen) atoms. The molecule has 13 aromatic carbocycles. The number of thiophene rings is 5. The summed E-state index contributed by atoms with van der Waals surface area (Å²) in [5.41, 5.74) is 8.21. The number of carboxylic acid groups (broad SMARTS) is 5. The Labute approximate surface area is 801 Å². The lowest BCUT2D eigenvalue weighted by atomic mass is 10.1. The Balaban J connectivity index is 0.000000132. The van der Waals surface area contributed by atoms with Gasteiger partial charge in [-0.05, 0) is 265 Å². The maximum Gasteiger partial charge on any atom is 0.346 e. The number of aromatic carboxylic acids is 5. The average molecular weight is 1940 g/mol. The van der Waals surface area contributed by atoms with Gasteiger partial charge in [-0.15, -0.1) is 56.7 Å². The Morgan fingerprint density at radius 3 is 0.870 bits per heavy atom. The van der Waals surface area contributed by atoms with Crippen molar-refractivity contribution in [2.24, 2.45) is 0 Å². The van der Waals surface area contributed by atoms with Crippen molar-refractivity contribution in [2.45, 2.75) is 91.9 Å². The summed E-state index contributed by atoms with van der Waals surface area (Å²) < 4.78 is 34.4. The third kappa shape index (κ3) is 23.4. The molecule has 5 aromatic heterocycles. The van der Waals surface area contributed by atoms with E-state index in [9.17, 15) is 49.5 Å². The van der Waals surface area contributed by atoms with Crippen LogP contribution in [-0.4, -0.2) is 88.4 Å². The summed E-state index contributed by atoms with van der Waals surface area (Å²) in [7, 11) is 0. The largest absolute Gasteiger partial charge is 0.494 e. The molecule has 668 valence electrons. The van der Waals surface area contributed by atoms with Crippen molar-refractivity contribution in [1.82, 2.24) is 0 Å². The smallest absolute Gasteiger partial charge is 0.346 e. The molecule has 0 aliphatic rings. The third-order valence-corrected chi connectivity index (χ3v) is 29.9. The molecular formula is C106H89Cl5O15S5. The minimum Gasteiger partial charge on any atom is -0.494 e. The van der Waals surface area contributed by atoms with Gasteiger partial charge in [-0.1, -0.05) is 222 Å². The van der Waals surface area contributed by atoms with Gasteiger partial charge in [0.2, 0.25) is 0 Å². The summed E-state index contributed by atoms with van der Waals surface area (Å²) in [5.74, 6) is -0.275. The van der Waals surface area contributed by atoms with Gasteiger partial charge in [0.1, 0.15) is 53.1 Å². The summed E-state index contributed by atoms with van der Waals surface area (Å²) in [6.45, 7) is 10.4. The van der Waals surface area contributed by atoms with Crippen LogP contribution in [0.5, 0.6) is 28.7 Å². The van der Waals surface area contributed by atoms with Crippen LogP contribution in [0.15, 0.2) is 255 Å². The minimum absolute atomic E-state index is 0.353. The third-order valence-electron chi connectivity index (χ3n) is 21.9. The average Bonchev–Trinajstić information content (AvgIpc) is 1.63. The van der Waals surface area contributed by atoms with Crippen molar-refractivity contribution in [1.29, 1.82) is 0 Å². The van der Waals surface area contributed by atoms with Crippen molar-refractivity contribution in [2.75, 3.05) is 33.0 Å². The molecule has 0 spiro atoms. The van der Waals surface area contributed by atoms with Crippen molar-refractivity contribution in [3.63, 3.8) is 0 Å². The second-order valence-electron chi connectivity index (χ2n) is 30.9. The highest BCUT2D eigenvalue weighted by Crippen LogP contribution is 2.42. The van der Waals surface area contributed by atoms with E-state index in [1.807, 2.05) is 222 Å². The summed E-state index contributed by atoms with van der Waals surface area (Å²) in [4.78, 5) is 59.9. The van der Waals surface area contributed by atoms with Gasteiger partial charge in [0.15, 0.2) is 0 Å². The first-order chi connectivity index (χ1) is 63.4. The fourth-order valence-corrected chi connectivity index (χ4v) is 22.5. The molecule has 0 aliphatic heterocycles. The van der Waals surface area contributed by atoms with Crippen LogP contribution in [0, 0.1) is 27.7 Å². The molecule has 5 N–H and O–H groups in total. The van der Waals surface area contributed by atoms with Crippen molar-refractivity contribution in [3.05, 3.63) is 354 Å². The maximum absolute atomic E-state index is 11.6. The Hall–Kier alpha value is -11.8. The first-order valence-electron chi connectivity index (χ1n) is 42.3. The van der Waals surface area contributed by atoms with Crippen LogP contribution in [-0.2, 0) is 32.1 Å². The molecule has 0 unspecified atom stereocenters. The van der Waals surface area contributed by atoms with E-state index in [4.69, 9.17) is 81.7 Å².